The van der Waals surface area contributed by atoms with Crippen molar-refractivity contribution in [1.29, 1.82) is 0 Å². The smallest absolute Gasteiger partial charge is 0.0700 e. The minimum absolute atomic E-state index is 0.727. The van der Waals surface area contributed by atoms with Crippen LogP contribution in [0.2, 0.25) is 0 Å². The molecule has 0 aromatic rings. The van der Waals surface area contributed by atoms with Crippen molar-refractivity contribution >= 4 is 0 Å². The predicted octanol–water partition coefficient (Wildman–Crippen LogP) is 2.66. The molecule has 0 aliphatic heterocycles. The predicted molar refractivity (Wildman–Crippen MR) is 55.5 cm³/mol. The molecule has 74 valence electrons. The standard InChI is InChI=1S/C6H14O2.2C2H4/c1-3-7-5-6-8-4-2;2*1-2/h3-6H2,1-2H3;2*1-2H2. The van der Waals surface area contributed by atoms with E-state index in [-0.39, 0.29) is 0 Å². The van der Waals surface area contributed by atoms with Gasteiger partial charge in [0.25, 0.3) is 0 Å². The normalized spacial score (nSPS) is 7.17. The van der Waals surface area contributed by atoms with Crippen molar-refractivity contribution in [3.8, 4) is 0 Å². The SMILES string of the molecule is C=C.C=C.CCOCCOCC. The van der Waals surface area contributed by atoms with Crippen molar-refractivity contribution in [2.75, 3.05) is 26.4 Å². The summed E-state index contributed by atoms with van der Waals surface area (Å²) in [4.78, 5) is 0. The fraction of sp³-hybridized carbons (Fsp3) is 0.600. The van der Waals surface area contributed by atoms with Crippen molar-refractivity contribution in [3.05, 3.63) is 26.3 Å². The van der Waals surface area contributed by atoms with Gasteiger partial charge in [0.15, 0.2) is 0 Å². The Balaban J connectivity index is -0.000000175. The minimum atomic E-state index is 0.727. The average molecular weight is 174 g/mol. The molecular formula is C10H22O2. The van der Waals surface area contributed by atoms with E-state index in [1.807, 2.05) is 13.8 Å². The largest absolute Gasteiger partial charge is 0.379 e. The summed E-state index contributed by atoms with van der Waals surface area (Å²) in [6.07, 6.45) is 0. The summed E-state index contributed by atoms with van der Waals surface area (Å²) in [5.74, 6) is 0. The van der Waals surface area contributed by atoms with Crippen molar-refractivity contribution < 1.29 is 9.47 Å². The highest BCUT2D eigenvalue weighted by atomic mass is 16.5. The van der Waals surface area contributed by atoms with Gasteiger partial charge in [-0.3, -0.25) is 0 Å². The molecule has 0 aromatic heterocycles. The second-order valence-electron chi connectivity index (χ2n) is 1.39. The molecule has 12 heavy (non-hydrogen) atoms. The first-order valence-corrected chi connectivity index (χ1v) is 4.07. The first kappa shape index (κ1) is 17.5. The van der Waals surface area contributed by atoms with Gasteiger partial charge >= 0.3 is 0 Å². The lowest BCUT2D eigenvalue weighted by Crippen LogP contribution is -2.02. The Labute approximate surface area is 76.9 Å². The number of rotatable bonds is 5. The molecule has 0 fully saturated rings. The third-order valence-electron chi connectivity index (χ3n) is 0.780. The third-order valence-corrected chi connectivity index (χ3v) is 0.780. The fourth-order valence-electron chi connectivity index (χ4n) is 0.407. The van der Waals surface area contributed by atoms with Crippen LogP contribution in [-0.2, 0) is 9.47 Å². The van der Waals surface area contributed by atoms with Gasteiger partial charge in [-0.15, -0.1) is 26.3 Å². The molecule has 0 bridgehead atoms. The van der Waals surface area contributed by atoms with Crippen molar-refractivity contribution in [1.82, 2.24) is 0 Å². The summed E-state index contributed by atoms with van der Waals surface area (Å²) in [7, 11) is 0. The summed E-state index contributed by atoms with van der Waals surface area (Å²) in [6, 6.07) is 0. The fourth-order valence-corrected chi connectivity index (χ4v) is 0.407. The number of ether oxygens (including phenoxy) is 2. The van der Waals surface area contributed by atoms with Crippen molar-refractivity contribution in [2.45, 2.75) is 13.8 Å². The zero-order valence-electron chi connectivity index (χ0n) is 8.47. The molecule has 0 atom stereocenters. The number of hydrogen-bond acceptors (Lipinski definition) is 2. The van der Waals surface area contributed by atoms with E-state index in [1.165, 1.54) is 0 Å². The van der Waals surface area contributed by atoms with Gasteiger partial charge in [0, 0.05) is 13.2 Å². The summed E-state index contributed by atoms with van der Waals surface area (Å²) in [6.45, 7) is 19.0. The van der Waals surface area contributed by atoms with E-state index in [1.54, 1.807) is 0 Å². The van der Waals surface area contributed by atoms with E-state index in [0.717, 1.165) is 26.4 Å². The van der Waals surface area contributed by atoms with Crippen LogP contribution < -0.4 is 0 Å². The molecule has 0 aliphatic carbocycles. The molecule has 0 rings (SSSR count). The maximum Gasteiger partial charge on any atom is 0.0700 e. The van der Waals surface area contributed by atoms with Gasteiger partial charge in [0.05, 0.1) is 13.2 Å². The van der Waals surface area contributed by atoms with Gasteiger partial charge in [-0.05, 0) is 13.8 Å². The molecule has 0 amide bonds. The van der Waals surface area contributed by atoms with Gasteiger partial charge in [0.2, 0.25) is 0 Å². The van der Waals surface area contributed by atoms with E-state index in [9.17, 15) is 0 Å². The highest BCUT2D eigenvalue weighted by Crippen LogP contribution is 1.75. The van der Waals surface area contributed by atoms with Gasteiger partial charge in [-0.2, -0.15) is 0 Å². The molecular weight excluding hydrogens is 152 g/mol. The molecule has 0 aliphatic rings. The lowest BCUT2D eigenvalue weighted by Gasteiger charge is -1.99. The zero-order valence-corrected chi connectivity index (χ0v) is 8.47. The Morgan fingerprint density at radius 2 is 1.00 bits per heavy atom. The summed E-state index contributed by atoms with van der Waals surface area (Å²) >= 11 is 0. The van der Waals surface area contributed by atoms with Gasteiger partial charge in [-0.1, -0.05) is 0 Å². The molecule has 0 saturated heterocycles. The first-order chi connectivity index (χ1) is 5.91. The summed E-state index contributed by atoms with van der Waals surface area (Å²) in [5, 5.41) is 0. The lowest BCUT2D eigenvalue weighted by atomic mass is 10.7. The Hall–Kier alpha value is -0.600. The molecule has 0 radical (unpaired) electrons. The topological polar surface area (TPSA) is 18.5 Å². The molecule has 0 heterocycles. The maximum atomic E-state index is 5.01. The molecule has 2 heteroatoms. The van der Waals surface area contributed by atoms with E-state index in [0.29, 0.717) is 0 Å². The summed E-state index contributed by atoms with van der Waals surface area (Å²) in [5.41, 5.74) is 0. The van der Waals surface area contributed by atoms with Crippen molar-refractivity contribution in [3.63, 3.8) is 0 Å². The van der Waals surface area contributed by atoms with Crippen LogP contribution in [0.25, 0.3) is 0 Å². The van der Waals surface area contributed by atoms with Gasteiger partial charge in [-0.25, -0.2) is 0 Å². The van der Waals surface area contributed by atoms with Gasteiger partial charge < -0.3 is 9.47 Å². The molecule has 0 saturated carbocycles. The highest BCUT2D eigenvalue weighted by Gasteiger charge is 1.81. The van der Waals surface area contributed by atoms with Crippen molar-refractivity contribution in [2.24, 2.45) is 0 Å². The molecule has 2 nitrogen and oxygen atoms in total. The van der Waals surface area contributed by atoms with Crippen LogP contribution in [0, 0.1) is 0 Å². The third kappa shape index (κ3) is 34.3. The first-order valence-electron chi connectivity index (χ1n) is 4.07. The van der Waals surface area contributed by atoms with Crippen LogP contribution in [0.4, 0.5) is 0 Å². The van der Waals surface area contributed by atoms with Crippen LogP contribution in [-0.4, -0.2) is 26.4 Å². The van der Waals surface area contributed by atoms with Crippen LogP contribution in [0.3, 0.4) is 0 Å². The Morgan fingerprint density at radius 1 is 0.750 bits per heavy atom. The molecule has 0 unspecified atom stereocenters. The maximum absolute atomic E-state index is 5.01. The van der Waals surface area contributed by atoms with Crippen LogP contribution >= 0.6 is 0 Å². The molecule has 0 spiro atoms. The summed E-state index contributed by atoms with van der Waals surface area (Å²) < 4.78 is 10.0. The number of hydrogen-bond donors (Lipinski definition) is 0. The van der Waals surface area contributed by atoms with E-state index < -0.39 is 0 Å². The average Bonchev–Trinajstić information content (AvgIpc) is 2.19. The van der Waals surface area contributed by atoms with Crippen LogP contribution in [0.1, 0.15) is 13.8 Å². The second-order valence-corrected chi connectivity index (χ2v) is 1.39. The highest BCUT2D eigenvalue weighted by molar-refractivity contribution is 4.24. The van der Waals surface area contributed by atoms with E-state index in [2.05, 4.69) is 26.3 Å². The van der Waals surface area contributed by atoms with Crippen LogP contribution in [0.15, 0.2) is 26.3 Å². The minimum Gasteiger partial charge on any atom is -0.379 e. The molecule has 0 N–H and O–H groups in total. The Bertz CT molecular complexity index is 47.8. The Morgan fingerprint density at radius 3 is 1.17 bits per heavy atom. The van der Waals surface area contributed by atoms with E-state index in [4.69, 9.17) is 9.47 Å². The molecule has 0 aromatic carbocycles. The Kier molecular flexibility index (Phi) is 45.9. The van der Waals surface area contributed by atoms with Gasteiger partial charge in [0.1, 0.15) is 0 Å². The monoisotopic (exact) mass is 174 g/mol. The zero-order chi connectivity index (χ0) is 10.2. The quantitative estimate of drug-likeness (QED) is 0.471. The second kappa shape index (κ2) is 31.5. The van der Waals surface area contributed by atoms with Crippen LogP contribution in [0.5, 0.6) is 0 Å². The van der Waals surface area contributed by atoms with E-state index >= 15 is 0 Å². The lowest BCUT2D eigenvalue weighted by molar-refractivity contribution is 0.0584.